The Balaban J connectivity index is 2.09. The molecule has 0 aliphatic heterocycles. The predicted molar refractivity (Wildman–Crippen MR) is 74.5 cm³/mol. The lowest BCUT2D eigenvalue weighted by atomic mass is 10.2. The van der Waals surface area contributed by atoms with Crippen molar-refractivity contribution in [3.05, 3.63) is 65.2 Å². The molecule has 0 saturated carbocycles. The molecule has 1 atom stereocenters. The van der Waals surface area contributed by atoms with Crippen LogP contribution in [0.5, 0.6) is 0 Å². The Morgan fingerprint density at radius 2 is 1.56 bits per heavy atom. The molecule has 82 valence electrons. The molecule has 2 aromatic rings. The van der Waals surface area contributed by atoms with Gasteiger partial charge in [0.15, 0.2) is 0 Å². The van der Waals surface area contributed by atoms with E-state index in [1.54, 1.807) is 0 Å². The first-order chi connectivity index (χ1) is 7.75. The quantitative estimate of drug-likeness (QED) is 0.731. The Hall–Kier alpha value is -1.05. The highest BCUT2D eigenvalue weighted by molar-refractivity contribution is 6.54. The molecule has 0 nitrogen and oxygen atoms in total. The summed E-state index contributed by atoms with van der Waals surface area (Å²) < 4.78 is 0. The van der Waals surface area contributed by atoms with Crippen LogP contribution in [0.1, 0.15) is 18.0 Å². The molecule has 0 aliphatic rings. The topological polar surface area (TPSA) is 0 Å². The van der Waals surface area contributed by atoms with Crippen LogP contribution in [0.2, 0.25) is 5.02 Å². The fourth-order valence-corrected chi connectivity index (χ4v) is 3.76. The van der Waals surface area contributed by atoms with Crippen molar-refractivity contribution in [1.82, 2.24) is 0 Å². The van der Waals surface area contributed by atoms with E-state index < -0.39 is 0 Å². The van der Waals surface area contributed by atoms with E-state index in [9.17, 15) is 0 Å². The zero-order valence-corrected chi connectivity index (χ0v) is 11.5. The fourth-order valence-electron chi connectivity index (χ4n) is 1.88. The summed E-state index contributed by atoms with van der Waals surface area (Å²) in [7, 11) is -0.241. The summed E-state index contributed by atoms with van der Waals surface area (Å²) in [5, 5.41) is 2.34. The molecule has 0 spiro atoms. The van der Waals surface area contributed by atoms with Gasteiger partial charge in [0.05, 0.1) is 9.52 Å². The second-order valence-corrected chi connectivity index (χ2v) is 7.03. The Morgan fingerprint density at radius 1 is 0.938 bits per heavy atom. The maximum Gasteiger partial charge on any atom is 0.0620 e. The molecule has 0 heterocycles. The van der Waals surface area contributed by atoms with Gasteiger partial charge in [-0.05, 0) is 23.2 Å². The fraction of sp³-hybridized carbons (Fsp3) is 0.143. The third kappa shape index (κ3) is 2.97. The van der Waals surface area contributed by atoms with E-state index >= 15 is 0 Å². The number of rotatable bonds is 3. The minimum atomic E-state index is -0.241. The van der Waals surface area contributed by atoms with Crippen LogP contribution in [0, 0.1) is 0 Å². The summed E-state index contributed by atoms with van der Waals surface area (Å²) in [4.78, 5) is 0. The van der Waals surface area contributed by atoms with Crippen molar-refractivity contribution in [2.75, 3.05) is 0 Å². The van der Waals surface area contributed by atoms with Crippen LogP contribution in [0.3, 0.4) is 0 Å². The molecular formula is C14H15ClSi. The third-order valence-electron chi connectivity index (χ3n) is 2.82. The molecule has 2 heteroatoms. The number of halogens is 1. The highest BCUT2D eigenvalue weighted by atomic mass is 35.5. The molecule has 0 aromatic heterocycles. The molecule has 0 radical (unpaired) electrons. The van der Waals surface area contributed by atoms with Gasteiger partial charge in [0.1, 0.15) is 0 Å². The second-order valence-electron chi connectivity index (χ2n) is 4.14. The first kappa shape index (κ1) is 11.4. The lowest BCUT2D eigenvalue weighted by molar-refractivity contribution is 1.07. The van der Waals surface area contributed by atoms with Crippen LogP contribution in [-0.2, 0) is 0 Å². The van der Waals surface area contributed by atoms with Gasteiger partial charge in [-0.15, -0.1) is 0 Å². The number of hydrogen-bond donors (Lipinski definition) is 0. The lowest BCUT2D eigenvalue weighted by Crippen LogP contribution is -2.19. The molecule has 1 unspecified atom stereocenters. The average Bonchev–Trinajstić information content (AvgIpc) is 2.31. The lowest BCUT2D eigenvalue weighted by Gasteiger charge is -2.11. The summed E-state index contributed by atoms with van der Waals surface area (Å²) in [6.07, 6.45) is 0. The first-order valence-corrected chi connectivity index (χ1v) is 7.45. The van der Waals surface area contributed by atoms with Crippen LogP contribution < -0.4 is 5.19 Å². The maximum atomic E-state index is 5.89. The molecule has 0 amide bonds. The largest absolute Gasteiger partial charge is 0.0843 e. The minimum absolute atomic E-state index is 0.241. The van der Waals surface area contributed by atoms with Gasteiger partial charge < -0.3 is 0 Å². The molecule has 0 fully saturated rings. The van der Waals surface area contributed by atoms with Gasteiger partial charge in [0.25, 0.3) is 0 Å². The standard InChI is InChI=1S/C14H15ClSi/c1-11(12-7-9-13(15)10-8-12)16-14-5-3-2-4-6-14/h2-11H,16H2,1H3. The molecule has 2 aromatic carbocycles. The van der Waals surface area contributed by atoms with Gasteiger partial charge in [0.2, 0.25) is 0 Å². The highest BCUT2D eigenvalue weighted by Gasteiger charge is 2.06. The molecule has 0 bridgehead atoms. The van der Waals surface area contributed by atoms with Crippen molar-refractivity contribution in [1.29, 1.82) is 0 Å². The van der Waals surface area contributed by atoms with E-state index in [4.69, 9.17) is 11.6 Å². The zero-order chi connectivity index (χ0) is 11.4. The Bertz CT molecular complexity index is 436. The van der Waals surface area contributed by atoms with Gasteiger partial charge in [-0.1, -0.05) is 66.2 Å². The normalized spacial score (nSPS) is 13.1. The maximum absolute atomic E-state index is 5.89. The van der Waals surface area contributed by atoms with E-state index in [-0.39, 0.29) is 9.52 Å². The van der Waals surface area contributed by atoms with Crippen molar-refractivity contribution in [2.24, 2.45) is 0 Å². The van der Waals surface area contributed by atoms with Gasteiger partial charge in [-0.2, -0.15) is 0 Å². The van der Waals surface area contributed by atoms with Gasteiger partial charge >= 0.3 is 0 Å². The summed E-state index contributed by atoms with van der Waals surface area (Å²) in [6.45, 7) is 2.31. The molecular weight excluding hydrogens is 232 g/mol. The van der Waals surface area contributed by atoms with E-state index in [0.717, 1.165) is 5.02 Å². The molecule has 0 N–H and O–H groups in total. The molecule has 2 rings (SSSR count). The van der Waals surface area contributed by atoms with E-state index in [0.29, 0.717) is 5.54 Å². The van der Waals surface area contributed by atoms with Crippen molar-refractivity contribution in [2.45, 2.75) is 12.5 Å². The summed E-state index contributed by atoms with van der Waals surface area (Å²) in [5.41, 5.74) is 2.07. The van der Waals surface area contributed by atoms with Crippen molar-refractivity contribution in [3.63, 3.8) is 0 Å². The van der Waals surface area contributed by atoms with Gasteiger partial charge in [0, 0.05) is 5.02 Å². The Morgan fingerprint density at radius 3 is 2.19 bits per heavy atom. The Kier molecular flexibility index (Phi) is 3.81. The predicted octanol–water partition coefficient (Wildman–Crippen LogP) is 2.90. The summed E-state index contributed by atoms with van der Waals surface area (Å²) >= 11 is 5.89. The van der Waals surface area contributed by atoms with Crippen molar-refractivity contribution >= 4 is 26.3 Å². The van der Waals surface area contributed by atoms with Crippen LogP contribution in [0.15, 0.2) is 54.6 Å². The minimum Gasteiger partial charge on any atom is -0.0843 e. The van der Waals surface area contributed by atoms with E-state index in [1.165, 1.54) is 10.8 Å². The molecule has 0 saturated heterocycles. The zero-order valence-electron chi connectivity index (χ0n) is 9.36. The van der Waals surface area contributed by atoms with Gasteiger partial charge in [-0.3, -0.25) is 0 Å². The number of benzene rings is 2. The van der Waals surface area contributed by atoms with Gasteiger partial charge in [-0.25, -0.2) is 0 Å². The Labute approximate surface area is 104 Å². The van der Waals surface area contributed by atoms with Crippen LogP contribution >= 0.6 is 11.6 Å². The SMILES string of the molecule is CC([SiH2]c1ccccc1)c1ccc(Cl)cc1. The summed E-state index contributed by atoms with van der Waals surface area (Å²) in [5.74, 6) is 0. The molecule has 16 heavy (non-hydrogen) atoms. The smallest absolute Gasteiger partial charge is 0.0620 e. The summed E-state index contributed by atoms with van der Waals surface area (Å²) in [6, 6.07) is 19.0. The average molecular weight is 247 g/mol. The third-order valence-corrected chi connectivity index (χ3v) is 5.10. The first-order valence-electron chi connectivity index (χ1n) is 5.55. The second kappa shape index (κ2) is 5.33. The van der Waals surface area contributed by atoms with Crippen molar-refractivity contribution < 1.29 is 0 Å². The van der Waals surface area contributed by atoms with E-state index in [1.807, 2.05) is 12.1 Å². The van der Waals surface area contributed by atoms with Crippen LogP contribution in [-0.4, -0.2) is 9.52 Å². The van der Waals surface area contributed by atoms with Crippen LogP contribution in [0.4, 0.5) is 0 Å². The van der Waals surface area contributed by atoms with E-state index in [2.05, 4.69) is 49.4 Å². The van der Waals surface area contributed by atoms with Crippen molar-refractivity contribution in [3.8, 4) is 0 Å². The molecule has 0 aliphatic carbocycles. The highest BCUT2D eigenvalue weighted by Crippen LogP contribution is 2.16. The monoisotopic (exact) mass is 246 g/mol. The van der Waals surface area contributed by atoms with Crippen LogP contribution in [0.25, 0.3) is 0 Å². The number of hydrogen-bond acceptors (Lipinski definition) is 0.